The number of likely N-dealkylation sites (N-methyl/N-ethyl adjacent to an activating group) is 1. The van der Waals surface area contributed by atoms with Crippen molar-refractivity contribution in [3.8, 4) is 0 Å². The Kier molecular flexibility index (Phi) is 6.60. The summed E-state index contributed by atoms with van der Waals surface area (Å²) in [5.74, 6) is 0.131. The van der Waals surface area contributed by atoms with Gasteiger partial charge in [0, 0.05) is 24.0 Å². The number of thiophene rings is 1. The molecule has 2 heterocycles. The van der Waals surface area contributed by atoms with Crippen molar-refractivity contribution in [3.63, 3.8) is 0 Å². The highest BCUT2D eigenvalue weighted by Crippen LogP contribution is 2.29. The fraction of sp³-hybridized carbons (Fsp3) is 0.615. The van der Waals surface area contributed by atoms with Gasteiger partial charge in [0.05, 0.1) is 10.3 Å². The van der Waals surface area contributed by atoms with E-state index in [0.29, 0.717) is 6.04 Å². The van der Waals surface area contributed by atoms with E-state index >= 15 is 0 Å². The van der Waals surface area contributed by atoms with Crippen LogP contribution in [0.4, 0.5) is 0 Å². The highest BCUT2D eigenvalue weighted by molar-refractivity contribution is 7.16. The minimum Gasteiger partial charge on any atom is -0.341 e. The minimum absolute atomic E-state index is 0. The maximum atomic E-state index is 12.4. The second kappa shape index (κ2) is 7.48. The molecule has 19 heavy (non-hydrogen) atoms. The van der Waals surface area contributed by atoms with Crippen LogP contribution in [0.2, 0.25) is 4.34 Å². The van der Waals surface area contributed by atoms with E-state index in [2.05, 4.69) is 5.32 Å². The first-order valence-corrected chi connectivity index (χ1v) is 7.52. The third-order valence-corrected chi connectivity index (χ3v) is 4.95. The molecule has 1 aromatic heterocycles. The summed E-state index contributed by atoms with van der Waals surface area (Å²) in [6.07, 6.45) is 2.23. The minimum atomic E-state index is -0.0851. The van der Waals surface area contributed by atoms with Gasteiger partial charge in [-0.15, -0.1) is 23.7 Å². The summed E-state index contributed by atoms with van der Waals surface area (Å²) < 4.78 is 0.747. The maximum Gasteiger partial charge on any atom is 0.230 e. The Morgan fingerprint density at radius 3 is 2.89 bits per heavy atom. The van der Waals surface area contributed by atoms with Gasteiger partial charge in [-0.05, 0) is 38.9 Å². The Hall–Kier alpha value is -0.290. The molecular formula is C13H20Cl2N2OS. The maximum absolute atomic E-state index is 12.4. The van der Waals surface area contributed by atoms with Crippen molar-refractivity contribution in [2.24, 2.45) is 0 Å². The number of amides is 1. The molecule has 1 saturated heterocycles. The van der Waals surface area contributed by atoms with Crippen LogP contribution in [0.15, 0.2) is 12.1 Å². The van der Waals surface area contributed by atoms with Crippen LogP contribution in [0, 0.1) is 0 Å². The number of carbonyl (C=O) groups excluding carboxylic acids is 1. The van der Waals surface area contributed by atoms with Gasteiger partial charge in [-0.2, -0.15) is 0 Å². The quantitative estimate of drug-likeness (QED) is 0.927. The Morgan fingerprint density at radius 1 is 1.58 bits per heavy atom. The van der Waals surface area contributed by atoms with E-state index in [1.807, 2.05) is 31.0 Å². The summed E-state index contributed by atoms with van der Waals surface area (Å²) in [5.41, 5.74) is 0. The average Bonchev–Trinajstić information content (AvgIpc) is 2.83. The molecule has 0 radical (unpaired) electrons. The van der Waals surface area contributed by atoms with Crippen LogP contribution in [-0.4, -0.2) is 37.0 Å². The van der Waals surface area contributed by atoms with Crippen molar-refractivity contribution in [2.75, 3.05) is 20.1 Å². The molecule has 2 rings (SSSR count). The zero-order chi connectivity index (χ0) is 13.1. The SMILES string of the molecule is CNC1CCCN(C(=O)C(C)c2ccc(Cl)s2)C1.Cl. The number of piperidine rings is 1. The zero-order valence-electron chi connectivity index (χ0n) is 11.2. The summed E-state index contributed by atoms with van der Waals surface area (Å²) in [5, 5.41) is 3.26. The van der Waals surface area contributed by atoms with E-state index in [1.54, 1.807) is 0 Å². The lowest BCUT2D eigenvalue weighted by molar-refractivity contribution is -0.133. The normalized spacial score (nSPS) is 20.8. The molecule has 108 valence electrons. The number of halogens is 2. The zero-order valence-corrected chi connectivity index (χ0v) is 13.6. The fourth-order valence-electron chi connectivity index (χ4n) is 2.37. The number of rotatable bonds is 3. The molecule has 1 N–H and O–H groups in total. The van der Waals surface area contributed by atoms with Gasteiger partial charge in [0.2, 0.25) is 5.91 Å². The number of nitrogens with one attached hydrogen (secondary N) is 1. The Morgan fingerprint density at radius 2 is 2.32 bits per heavy atom. The van der Waals surface area contributed by atoms with Gasteiger partial charge in [-0.25, -0.2) is 0 Å². The van der Waals surface area contributed by atoms with E-state index in [1.165, 1.54) is 11.3 Å². The average molecular weight is 323 g/mol. The lowest BCUT2D eigenvalue weighted by Crippen LogP contribution is -2.48. The number of hydrogen-bond acceptors (Lipinski definition) is 3. The molecule has 6 heteroatoms. The van der Waals surface area contributed by atoms with Gasteiger partial charge in [0.15, 0.2) is 0 Å². The van der Waals surface area contributed by atoms with Crippen molar-refractivity contribution >= 4 is 41.3 Å². The predicted octanol–water partition coefficient (Wildman–Crippen LogP) is 3.14. The molecule has 1 aromatic rings. The molecule has 2 unspecified atom stereocenters. The summed E-state index contributed by atoms with van der Waals surface area (Å²) in [6.45, 7) is 3.66. The molecule has 1 aliphatic rings. The number of likely N-dealkylation sites (tertiary alicyclic amines) is 1. The van der Waals surface area contributed by atoms with Crippen molar-refractivity contribution < 1.29 is 4.79 Å². The van der Waals surface area contributed by atoms with Crippen LogP contribution in [0.25, 0.3) is 0 Å². The van der Waals surface area contributed by atoms with Crippen molar-refractivity contribution in [2.45, 2.75) is 31.7 Å². The number of hydrogen-bond donors (Lipinski definition) is 1. The predicted molar refractivity (Wildman–Crippen MR) is 83.7 cm³/mol. The molecule has 1 fully saturated rings. The second-order valence-electron chi connectivity index (χ2n) is 4.78. The van der Waals surface area contributed by atoms with E-state index in [4.69, 9.17) is 11.6 Å². The first-order valence-electron chi connectivity index (χ1n) is 6.33. The Labute approximate surface area is 129 Å². The molecule has 3 nitrogen and oxygen atoms in total. The Balaban J connectivity index is 0.00000180. The summed E-state index contributed by atoms with van der Waals surface area (Å²) in [6, 6.07) is 4.24. The van der Waals surface area contributed by atoms with Crippen LogP contribution in [0.3, 0.4) is 0 Å². The van der Waals surface area contributed by atoms with Crippen LogP contribution in [-0.2, 0) is 4.79 Å². The monoisotopic (exact) mass is 322 g/mol. The third-order valence-electron chi connectivity index (χ3n) is 3.53. The number of nitrogens with zero attached hydrogens (tertiary/aromatic N) is 1. The van der Waals surface area contributed by atoms with Gasteiger partial charge >= 0.3 is 0 Å². The van der Waals surface area contributed by atoms with Gasteiger partial charge in [0.1, 0.15) is 0 Å². The molecule has 0 spiro atoms. The van der Waals surface area contributed by atoms with Crippen molar-refractivity contribution in [3.05, 3.63) is 21.3 Å². The topological polar surface area (TPSA) is 32.3 Å². The molecule has 1 amide bonds. The molecule has 0 saturated carbocycles. The fourth-order valence-corrected chi connectivity index (χ4v) is 3.47. The van der Waals surface area contributed by atoms with Crippen molar-refractivity contribution in [1.29, 1.82) is 0 Å². The molecule has 1 aliphatic heterocycles. The van der Waals surface area contributed by atoms with Crippen LogP contribution >= 0.6 is 35.3 Å². The van der Waals surface area contributed by atoms with Crippen molar-refractivity contribution in [1.82, 2.24) is 10.2 Å². The standard InChI is InChI=1S/C13H19ClN2OS.ClH/c1-9(11-5-6-12(14)18-11)13(17)16-7-3-4-10(8-16)15-2;/h5-6,9-10,15H,3-4,7-8H2,1-2H3;1H. The summed E-state index contributed by atoms with van der Waals surface area (Å²) in [7, 11) is 1.96. The van der Waals surface area contributed by atoms with Gasteiger partial charge in [-0.3, -0.25) is 4.79 Å². The van der Waals surface area contributed by atoms with E-state index in [9.17, 15) is 4.79 Å². The van der Waals surface area contributed by atoms with Crippen LogP contribution in [0.5, 0.6) is 0 Å². The van der Waals surface area contributed by atoms with Crippen LogP contribution < -0.4 is 5.32 Å². The van der Waals surface area contributed by atoms with E-state index in [0.717, 1.165) is 35.1 Å². The van der Waals surface area contributed by atoms with Crippen LogP contribution in [0.1, 0.15) is 30.6 Å². The lowest BCUT2D eigenvalue weighted by atomic mass is 10.0. The first-order chi connectivity index (χ1) is 8.61. The Bertz CT molecular complexity index is 425. The number of carbonyl (C=O) groups is 1. The molecule has 0 aromatic carbocycles. The van der Waals surface area contributed by atoms with Gasteiger partial charge in [-0.1, -0.05) is 11.6 Å². The molecule has 0 bridgehead atoms. The molecular weight excluding hydrogens is 303 g/mol. The largest absolute Gasteiger partial charge is 0.341 e. The summed E-state index contributed by atoms with van der Waals surface area (Å²) >= 11 is 7.42. The smallest absolute Gasteiger partial charge is 0.230 e. The van der Waals surface area contributed by atoms with Gasteiger partial charge in [0.25, 0.3) is 0 Å². The first kappa shape index (κ1) is 16.8. The summed E-state index contributed by atoms with van der Waals surface area (Å²) in [4.78, 5) is 15.5. The molecule has 0 aliphatic carbocycles. The van der Waals surface area contributed by atoms with E-state index < -0.39 is 0 Å². The second-order valence-corrected chi connectivity index (χ2v) is 6.52. The van der Waals surface area contributed by atoms with Gasteiger partial charge < -0.3 is 10.2 Å². The van der Waals surface area contributed by atoms with E-state index in [-0.39, 0.29) is 24.2 Å². The lowest BCUT2D eigenvalue weighted by Gasteiger charge is -2.34. The highest BCUT2D eigenvalue weighted by atomic mass is 35.5. The highest BCUT2D eigenvalue weighted by Gasteiger charge is 2.27. The third kappa shape index (κ3) is 4.09. The molecule has 2 atom stereocenters.